The van der Waals surface area contributed by atoms with Gasteiger partial charge in [-0.25, -0.2) is 4.98 Å². The lowest BCUT2D eigenvalue weighted by molar-refractivity contribution is 0.0894. The molecule has 0 saturated carbocycles. The van der Waals surface area contributed by atoms with Gasteiger partial charge in [0.1, 0.15) is 11.2 Å². The van der Waals surface area contributed by atoms with Gasteiger partial charge in [-0.05, 0) is 25.5 Å². The maximum Gasteiger partial charge on any atom is 0.205 e. The van der Waals surface area contributed by atoms with Crippen LogP contribution >= 0.6 is 0 Å². The summed E-state index contributed by atoms with van der Waals surface area (Å²) in [4.78, 5) is 17.1. The molecule has 2 heterocycles. The molecule has 2 aliphatic heterocycles. The molecular weight excluding hydrogens is 280 g/mol. The molecule has 5 heteroatoms. The van der Waals surface area contributed by atoms with Gasteiger partial charge in [-0.2, -0.15) is 0 Å². The highest BCUT2D eigenvalue weighted by molar-refractivity contribution is 5.80. The predicted molar refractivity (Wildman–Crippen MR) is 84.4 cm³/mol. The second-order valence-electron chi connectivity index (χ2n) is 5.70. The molecule has 0 spiro atoms. The number of nitrogens with zero attached hydrogens (tertiary/aromatic N) is 1. The van der Waals surface area contributed by atoms with Crippen LogP contribution in [0, 0.1) is 0 Å². The minimum absolute atomic E-state index is 0.0862. The first kappa shape index (κ1) is 13.3. The van der Waals surface area contributed by atoms with E-state index >= 15 is 0 Å². The van der Waals surface area contributed by atoms with E-state index in [1.54, 1.807) is 7.11 Å². The highest BCUT2D eigenvalue weighted by atomic mass is 16.5. The Kier molecular flexibility index (Phi) is 2.90. The number of hydrogen-bond donors (Lipinski definition) is 1. The van der Waals surface area contributed by atoms with Crippen LogP contribution in [-0.4, -0.2) is 18.1 Å². The smallest absolute Gasteiger partial charge is 0.205 e. The number of benzene rings is 2. The topological polar surface area (TPSA) is 64.4 Å². The van der Waals surface area contributed by atoms with Crippen molar-refractivity contribution in [2.45, 2.75) is 25.5 Å². The number of ether oxygens (including phenoxy) is 1. The number of hydrogen-bond acceptors (Lipinski definition) is 5. The highest BCUT2D eigenvalue weighted by Crippen LogP contribution is 2.40. The van der Waals surface area contributed by atoms with Crippen molar-refractivity contribution in [1.29, 1.82) is 0 Å². The third-order valence-electron chi connectivity index (χ3n) is 4.15. The monoisotopic (exact) mass is 296 g/mol. The summed E-state index contributed by atoms with van der Waals surface area (Å²) in [6.45, 7) is 2.04. The molecule has 0 unspecified atom stereocenters. The van der Waals surface area contributed by atoms with E-state index in [4.69, 9.17) is 14.1 Å². The van der Waals surface area contributed by atoms with Gasteiger partial charge in [0, 0.05) is 24.8 Å². The Morgan fingerprint density at radius 3 is 3.00 bits per heavy atom. The molecular formula is C17H16N2O3. The summed E-state index contributed by atoms with van der Waals surface area (Å²) in [7, 11) is 1.66. The Morgan fingerprint density at radius 2 is 2.18 bits per heavy atom. The first-order chi connectivity index (χ1) is 10.7. The van der Waals surface area contributed by atoms with Gasteiger partial charge in [-0.3, -0.25) is 4.79 Å². The van der Waals surface area contributed by atoms with Gasteiger partial charge in [0.25, 0.3) is 0 Å². The number of nitrogens with one attached hydrogen (secondary N) is 1. The lowest BCUT2D eigenvalue weighted by Gasteiger charge is -2.31. The van der Waals surface area contributed by atoms with Crippen LogP contribution in [0.25, 0.3) is 22.6 Å². The normalized spacial score (nSPS) is 20.8. The molecule has 0 saturated heterocycles. The molecule has 1 N–H and O–H groups in total. The van der Waals surface area contributed by atoms with E-state index < -0.39 is 0 Å². The van der Waals surface area contributed by atoms with Crippen molar-refractivity contribution in [3.63, 3.8) is 0 Å². The second-order valence-corrected chi connectivity index (χ2v) is 5.70. The first-order valence-electron chi connectivity index (χ1n) is 7.33. The van der Waals surface area contributed by atoms with Crippen molar-refractivity contribution >= 4 is 16.8 Å². The average Bonchev–Trinajstić information content (AvgIpc) is 2.53. The predicted octanol–water partition coefficient (Wildman–Crippen LogP) is 3.18. The van der Waals surface area contributed by atoms with Crippen molar-refractivity contribution in [2.75, 3.05) is 12.4 Å². The fourth-order valence-electron chi connectivity index (χ4n) is 3.13. The third kappa shape index (κ3) is 1.89. The van der Waals surface area contributed by atoms with E-state index in [0.717, 1.165) is 17.5 Å². The Balaban J connectivity index is 2.10. The Morgan fingerprint density at radius 1 is 1.36 bits per heavy atom. The Bertz CT molecular complexity index is 887. The van der Waals surface area contributed by atoms with Crippen molar-refractivity contribution in [3.05, 3.63) is 46.1 Å². The molecule has 112 valence electrons. The molecule has 3 aliphatic rings. The summed E-state index contributed by atoms with van der Waals surface area (Å²) < 4.78 is 11.5. The van der Waals surface area contributed by atoms with E-state index in [9.17, 15) is 4.79 Å². The van der Waals surface area contributed by atoms with Crippen LogP contribution in [0.2, 0.25) is 0 Å². The fraction of sp³-hybridized carbons (Fsp3) is 0.294. The largest absolute Gasteiger partial charge is 0.453 e. The SMILES string of the molecule is CO[C@H]1C[C@@H](C)Nc2c1c1nc3ccccc3oc-1cc2=O. The summed E-state index contributed by atoms with van der Waals surface area (Å²) in [5.74, 6) is 0.501. The van der Waals surface area contributed by atoms with Crippen LogP contribution in [0.5, 0.6) is 0 Å². The molecule has 1 aliphatic carbocycles. The van der Waals surface area contributed by atoms with Gasteiger partial charge in [-0.15, -0.1) is 0 Å². The number of aromatic nitrogens is 1. The van der Waals surface area contributed by atoms with Crippen LogP contribution in [0.4, 0.5) is 5.69 Å². The molecule has 0 aromatic heterocycles. The molecule has 0 radical (unpaired) electrons. The van der Waals surface area contributed by atoms with E-state index in [2.05, 4.69) is 5.32 Å². The average molecular weight is 296 g/mol. The fourth-order valence-corrected chi connectivity index (χ4v) is 3.13. The van der Waals surface area contributed by atoms with Gasteiger partial charge in [0.2, 0.25) is 5.43 Å². The number of methoxy groups -OCH3 is 1. The van der Waals surface area contributed by atoms with E-state index in [1.165, 1.54) is 6.07 Å². The molecule has 1 aromatic carbocycles. The molecule has 5 nitrogen and oxygen atoms in total. The number of rotatable bonds is 1. The van der Waals surface area contributed by atoms with E-state index in [1.807, 2.05) is 31.2 Å². The lowest BCUT2D eigenvalue weighted by atomic mass is 9.92. The van der Waals surface area contributed by atoms with Gasteiger partial charge in [0.15, 0.2) is 11.3 Å². The zero-order valence-corrected chi connectivity index (χ0v) is 12.4. The van der Waals surface area contributed by atoms with Crippen molar-refractivity contribution < 1.29 is 9.15 Å². The summed E-state index contributed by atoms with van der Waals surface area (Å²) in [5.41, 5.74) is 3.43. The minimum Gasteiger partial charge on any atom is -0.453 e. The van der Waals surface area contributed by atoms with Gasteiger partial charge in [-0.1, -0.05) is 12.1 Å². The summed E-state index contributed by atoms with van der Waals surface area (Å²) in [6, 6.07) is 9.23. The number of anilines is 1. The molecule has 4 rings (SSSR count). The van der Waals surface area contributed by atoms with Crippen LogP contribution in [0.3, 0.4) is 0 Å². The second kappa shape index (κ2) is 4.81. The Hall–Kier alpha value is -2.40. The van der Waals surface area contributed by atoms with Gasteiger partial charge < -0.3 is 14.5 Å². The lowest BCUT2D eigenvalue weighted by Crippen LogP contribution is -2.31. The van der Waals surface area contributed by atoms with Crippen molar-refractivity contribution in [3.8, 4) is 11.5 Å². The van der Waals surface area contributed by atoms with Gasteiger partial charge >= 0.3 is 0 Å². The van der Waals surface area contributed by atoms with Crippen LogP contribution in [-0.2, 0) is 4.74 Å². The minimum atomic E-state index is -0.161. The zero-order valence-electron chi connectivity index (χ0n) is 12.4. The summed E-state index contributed by atoms with van der Waals surface area (Å²) in [5, 5.41) is 3.26. The standard InChI is InChI=1S/C17H16N2O3/c1-9-7-13(21-2)15-16(18-9)11(20)8-14-17(15)19-10-5-3-4-6-12(10)22-14/h3-6,8-9,13,18H,7H2,1-2H3/t9-,13+/m1/s1. The maximum absolute atomic E-state index is 12.4. The molecule has 2 atom stereocenters. The molecule has 1 aromatic rings. The Labute approximate surface area is 127 Å². The quantitative estimate of drug-likeness (QED) is 0.699. The molecule has 0 fully saturated rings. The summed E-state index contributed by atoms with van der Waals surface area (Å²) >= 11 is 0. The van der Waals surface area contributed by atoms with Crippen LogP contribution in [0.15, 0.2) is 39.5 Å². The number of fused-ring (bicyclic) bond motifs is 4. The van der Waals surface area contributed by atoms with E-state index in [-0.39, 0.29) is 17.6 Å². The molecule has 0 amide bonds. The summed E-state index contributed by atoms with van der Waals surface area (Å²) in [6.07, 6.45) is 0.628. The van der Waals surface area contributed by atoms with Crippen LogP contribution < -0.4 is 10.7 Å². The maximum atomic E-state index is 12.4. The number of para-hydroxylation sites is 2. The van der Waals surface area contributed by atoms with Crippen molar-refractivity contribution in [1.82, 2.24) is 4.98 Å². The first-order valence-corrected chi connectivity index (χ1v) is 7.33. The van der Waals surface area contributed by atoms with Crippen molar-refractivity contribution in [2.24, 2.45) is 0 Å². The molecule has 22 heavy (non-hydrogen) atoms. The van der Waals surface area contributed by atoms with E-state index in [0.29, 0.717) is 22.7 Å². The molecule has 0 bridgehead atoms. The van der Waals surface area contributed by atoms with Gasteiger partial charge in [0.05, 0.1) is 11.8 Å². The third-order valence-corrected chi connectivity index (χ3v) is 4.15. The highest BCUT2D eigenvalue weighted by Gasteiger charge is 2.32. The van der Waals surface area contributed by atoms with Crippen LogP contribution in [0.1, 0.15) is 25.0 Å². The zero-order chi connectivity index (χ0) is 15.3.